The Morgan fingerprint density at radius 1 is 1.06 bits per heavy atom. The van der Waals surface area contributed by atoms with Gasteiger partial charge in [-0.15, -0.1) is 0 Å². The van der Waals surface area contributed by atoms with Gasteiger partial charge in [0.25, 0.3) is 0 Å². The maximum absolute atomic E-state index is 12.2. The van der Waals surface area contributed by atoms with Crippen molar-refractivity contribution in [1.29, 1.82) is 0 Å². The van der Waals surface area contributed by atoms with E-state index in [-0.39, 0.29) is 5.78 Å². The Morgan fingerprint density at radius 3 is 2.19 bits per heavy atom. The minimum Gasteiger partial charge on any atom is -0.479 e. The Bertz CT molecular complexity index is 501. The van der Waals surface area contributed by atoms with Gasteiger partial charge in [0.15, 0.2) is 5.60 Å². The van der Waals surface area contributed by atoms with E-state index in [1.54, 1.807) is 0 Å². The van der Waals surface area contributed by atoms with E-state index in [1.807, 2.05) is 34.6 Å². The minimum atomic E-state index is -0.731. The molecule has 0 spiro atoms. The van der Waals surface area contributed by atoms with Crippen molar-refractivity contribution in [3.8, 4) is 5.75 Å². The minimum absolute atomic E-state index is 0.0821. The normalized spacial score (nSPS) is 17.2. The molecule has 0 atom stereocenters. The topological polar surface area (TPSA) is 26.3 Å². The third-order valence-electron chi connectivity index (χ3n) is 3.29. The number of benzene rings is 1. The van der Waals surface area contributed by atoms with Crippen molar-refractivity contribution in [3.05, 3.63) is 26.7 Å². The molecule has 0 radical (unpaired) electrons. The average molecular weight is 283 g/mol. The predicted octanol–water partition coefficient (Wildman–Crippen LogP) is 3.73. The first-order chi connectivity index (χ1) is 7.27. The van der Waals surface area contributed by atoms with Gasteiger partial charge in [-0.05, 0) is 45.7 Å². The van der Waals surface area contributed by atoms with E-state index in [4.69, 9.17) is 4.74 Å². The predicted molar refractivity (Wildman–Crippen MR) is 67.4 cm³/mol. The molecule has 3 heteroatoms. The molecule has 1 aliphatic rings. The highest BCUT2D eigenvalue weighted by atomic mass is 79.9. The largest absolute Gasteiger partial charge is 0.479 e. The summed E-state index contributed by atoms with van der Waals surface area (Å²) in [5, 5.41) is 0. The molecule has 0 saturated heterocycles. The van der Waals surface area contributed by atoms with Crippen LogP contribution in [0.4, 0.5) is 0 Å². The molecular weight excluding hydrogens is 268 g/mol. The molecule has 0 bridgehead atoms. The number of ether oxygens (including phenoxy) is 1. The second-order valence-corrected chi connectivity index (χ2v) is 5.63. The first kappa shape index (κ1) is 11.6. The lowest BCUT2D eigenvalue weighted by Gasteiger charge is -2.16. The summed E-state index contributed by atoms with van der Waals surface area (Å²) in [5.74, 6) is 0.823. The standard InChI is InChI=1S/C13H15BrO2/c1-6-7(2)10(14)8(3)11-9(6)12(15)13(4,5)16-11/h1-5H3. The van der Waals surface area contributed by atoms with E-state index in [9.17, 15) is 4.79 Å². The third-order valence-corrected chi connectivity index (χ3v) is 4.48. The molecule has 0 aromatic heterocycles. The molecule has 0 unspecified atom stereocenters. The number of fused-ring (bicyclic) bond motifs is 1. The fourth-order valence-electron chi connectivity index (χ4n) is 2.09. The summed E-state index contributed by atoms with van der Waals surface area (Å²) < 4.78 is 6.81. The van der Waals surface area contributed by atoms with Crippen LogP contribution in [-0.2, 0) is 0 Å². The zero-order chi connectivity index (χ0) is 12.2. The first-order valence-corrected chi connectivity index (χ1v) is 6.09. The van der Waals surface area contributed by atoms with E-state index in [0.717, 1.165) is 32.5 Å². The highest BCUT2D eigenvalue weighted by Gasteiger charge is 2.42. The van der Waals surface area contributed by atoms with Crippen LogP contribution in [0.15, 0.2) is 4.47 Å². The van der Waals surface area contributed by atoms with Gasteiger partial charge in [-0.1, -0.05) is 15.9 Å². The summed E-state index contributed by atoms with van der Waals surface area (Å²) in [4.78, 5) is 12.2. The maximum Gasteiger partial charge on any atom is 0.209 e. The fraction of sp³-hybridized carbons (Fsp3) is 0.462. The molecule has 0 aliphatic carbocycles. The number of Topliss-reactive ketones (excluding diaryl/α,β-unsaturated/α-hetero) is 1. The van der Waals surface area contributed by atoms with Gasteiger partial charge in [0.05, 0.1) is 5.56 Å². The van der Waals surface area contributed by atoms with Gasteiger partial charge in [-0.25, -0.2) is 0 Å². The summed E-state index contributed by atoms with van der Waals surface area (Å²) in [7, 11) is 0. The summed E-state index contributed by atoms with van der Waals surface area (Å²) >= 11 is 3.55. The maximum atomic E-state index is 12.2. The quantitative estimate of drug-likeness (QED) is 0.725. The molecule has 0 saturated carbocycles. The van der Waals surface area contributed by atoms with Crippen molar-refractivity contribution >= 4 is 21.7 Å². The summed E-state index contributed by atoms with van der Waals surface area (Å²) in [6.45, 7) is 9.60. The molecule has 2 rings (SSSR count). The number of hydrogen-bond acceptors (Lipinski definition) is 2. The lowest BCUT2D eigenvalue weighted by Crippen LogP contribution is -2.32. The smallest absolute Gasteiger partial charge is 0.209 e. The first-order valence-electron chi connectivity index (χ1n) is 5.30. The van der Waals surface area contributed by atoms with E-state index in [0.29, 0.717) is 0 Å². The lowest BCUT2D eigenvalue weighted by molar-refractivity contribution is 0.0683. The molecule has 0 N–H and O–H groups in total. The Morgan fingerprint density at radius 2 is 1.62 bits per heavy atom. The van der Waals surface area contributed by atoms with E-state index >= 15 is 0 Å². The SMILES string of the molecule is Cc1c(C)c2c(c(C)c1Br)OC(C)(C)C2=O. The second kappa shape index (κ2) is 3.33. The Labute approximate surface area is 104 Å². The molecule has 0 fully saturated rings. The van der Waals surface area contributed by atoms with Crippen LogP contribution in [-0.4, -0.2) is 11.4 Å². The van der Waals surface area contributed by atoms with Crippen LogP contribution >= 0.6 is 15.9 Å². The lowest BCUT2D eigenvalue weighted by atomic mass is 9.92. The third kappa shape index (κ3) is 1.34. The molecule has 86 valence electrons. The Kier molecular flexibility index (Phi) is 2.42. The fourth-order valence-corrected chi connectivity index (χ4v) is 2.57. The van der Waals surface area contributed by atoms with Gasteiger partial charge < -0.3 is 4.74 Å². The molecule has 1 aromatic carbocycles. The summed E-state index contributed by atoms with van der Waals surface area (Å²) in [6, 6.07) is 0. The van der Waals surface area contributed by atoms with Gasteiger partial charge in [0.1, 0.15) is 5.75 Å². The van der Waals surface area contributed by atoms with Crippen molar-refractivity contribution in [2.75, 3.05) is 0 Å². The number of halogens is 1. The molecular formula is C13H15BrO2. The van der Waals surface area contributed by atoms with Gasteiger partial charge in [-0.2, -0.15) is 0 Å². The monoisotopic (exact) mass is 282 g/mol. The van der Waals surface area contributed by atoms with Crippen molar-refractivity contribution in [3.63, 3.8) is 0 Å². The number of carbonyl (C=O) groups is 1. The number of carbonyl (C=O) groups excluding carboxylic acids is 1. The van der Waals surface area contributed by atoms with Crippen LogP contribution in [0.5, 0.6) is 5.75 Å². The van der Waals surface area contributed by atoms with Crippen LogP contribution in [0, 0.1) is 20.8 Å². The molecule has 0 amide bonds. The van der Waals surface area contributed by atoms with Crippen LogP contribution < -0.4 is 4.74 Å². The van der Waals surface area contributed by atoms with Gasteiger partial charge >= 0.3 is 0 Å². The molecule has 1 heterocycles. The van der Waals surface area contributed by atoms with Crippen molar-refractivity contribution in [2.24, 2.45) is 0 Å². The summed E-state index contributed by atoms with van der Waals surface area (Å²) in [5.41, 5.74) is 3.17. The highest BCUT2D eigenvalue weighted by Crippen LogP contribution is 2.43. The molecule has 16 heavy (non-hydrogen) atoms. The van der Waals surface area contributed by atoms with E-state index in [1.165, 1.54) is 0 Å². The second-order valence-electron chi connectivity index (χ2n) is 4.83. The van der Waals surface area contributed by atoms with Crippen molar-refractivity contribution < 1.29 is 9.53 Å². The van der Waals surface area contributed by atoms with Gasteiger partial charge in [-0.3, -0.25) is 4.79 Å². The highest BCUT2D eigenvalue weighted by molar-refractivity contribution is 9.10. The van der Waals surface area contributed by atoms with Crippen LogP contribution in [0.3, 0.4) is 0 Å². The molecule has 1 aliphatic heterocycles. The van der Waals surface area contributed by atoms with E-state index < -0.39 is 5.60 Å². The van der Waals surface area contributed by atoms with E-state index in [2.05, 4.69) is 15.9 Å². The van der Waals surface area contributed by atoms with Crippen LogP contribution in [0.25, 0.3) is 0 Å². The van der Waals surface area contributed by atoms with Crippen molar-refractivity contribution in [1.82, 2.24) is 0 Å². The Hall–Kier alpha value is -0.830. The van der Waals surface area contributed by atoms with Crippen LogP contribution in [0.2, 0.25) is 0 Å². The van der Waals surface area contributed by atoms with Crippen LogP contribution in [0.1, 0.15) is 40.9 Å². The Balaban J connectivity index is 2.82. The van der Waals surface area contributed by atoms with Crippen molar-refractivity contribution in [2.45, 2.75) is 40.2 Å². The molecule has 2 nitrogen and oxygen atoms in total. The summed E-state index contributed by atoms with van der Waals surface area (Å²) in [6.07, 6.45) is 0. The zero-order valence-corrected chi connectivity index (χ0v) is 11.8. The molecule has 1 aromatic rings. The van der Waals surface area contributed by atoms with Gasteiger partial charge in [0.2, 0.25) is 5.78 Å². The number of ketones is 1. The van der Waals surface area contributed by atoms with Gasteiger partial charge in [0, 0.05) is 10.0 Å². The average Bonchev–Trinajstić information content (AvgIpc) is 2.45. The number of rotatable bonds is 0. The number of hydrogen-bond donors (Lipinski definition) is 0. The zero-order valence-electron chi connectivity index (χ0n) is 10.2.